The van der Waals surface area contributed by atoms with Crippen molar-refractivity contribution < 1.29 is 13.2 Å². The van der Waals surface area contributed by atoms with Crippen LogP contribution in [-0.2, 0) is 14.8 Å². The molecule has 0 spiro atoms. The van der Waals surface area contributed by atoms with Gasteiger partial charge in [-0.1, -0.05) is 37.5 Å². The number of amides is 1. The fourth-order valence-electron chi connectivity index (χ4n) is 3.95. The molecule has 1 N–H and O–H groups in total. The molecule has 2 fully saturated rings. The Bertz CT molecular complexity index is 715. The van der Waals surface area contributed by atoms with E-state index in [1.54, 1.807) is 24.3 Å². The molecular formula is C19H28N2O3S. The molecule has 1 heterocycles. The lowest BCUT2D eigenvalue weighted by molar-refractivity contribution is -0.125. The Morgan fingerprint density at radius 2 is 1.76 bits per heavy atom. The van der Waals surface area contributed by atoms with Gasteiger partial charge in [-0.25, -0.2) is 8.42 Å². The van der Waals surface area contributed by atoms with Gasteiger partial charge in [0.2, 0.25) is 15.9 Å². The Kier molecular flexibility index (Phi) is 5.49. The zero-order valence-corrected chi connectivity index (χ0v) is 15.9. The van der Waals surface area contributed by atoms with E-state index in [1.807, 2.05) is 6.92 Å². The molecule has 0 radical (unpaired) electrons. The van der Waals surface area contributed by atoms with E-state index in [-0.39, 0.29) is 16.8 Å². The lowest BCUT2D eigenvalue weighted by atomic mass is 9.86. The quantitative estimate of drug-likeness (QED) is 0.893. The molecule has 1 saturated heterocycles. The summed E-state index contributed by atoms with van der Waals surface area (Å²) in [5.41, 5.74) is 1.01. The van der Waals surface area contributed by atoms with E-state index in [0.29, 0.717) is 18.9 Å². The third-order valence-electron chi connectivity index (χ3n) is 5.57. The van der Waals surface area contributed by atoms with Crippen LogP contribution in [0.2, 0.25) is 0 Å². The smallest absolute Gasteiger partial charge is 0.243 e. The van der Waals surface area contributed by atoms with E-state index in [0.717, 1.165) is 31.2 Å². The molecule has 138 valence electrons. The number of benzene rings is 1. The van der Waals surface area contributed by atoms with Crippen molar-refractivity contribution in [2.45, 2.75) is 69.4 Å². The van der Waals surface area contributed by atoms with Gasteiger partial charge in [0.25, 0.3) is 0 Å². The molecule has 0 aromatic heterocycles. The summed E-state index contributed by atoms with van der Waals surface area (Å²) in [4.78, 5) is 13.1. The van der Waals surface area contributed by atoms with Gasteiger partial charge in [0.15, 0.2) is 0 Å². The second-order valence-corrected chi connectivity index (χ2v) is 9.35. The molecule has 6 heteroatoms. The standard InChI is InChI=1S/C19H28N2O3S/c1-14-9-11-16(12-10-14)25(23,24)21-13-5-8-18(21)19(22)20-17-7-4-3-6-15(17)2/h9-12,15,17-18H,3-8,13H2,1-2H3,(H,20,22)/t15-,17+,18-/m1/s1. The zero-order valence-electron chi connectivity index (χ0n) is 15.1. The Labute approximate surface area is 150 Å². The van der Waals surface area contributed by atoms with Gasteiger partial charge >= 0.3 is 0 Å². The summed E-state index contributed by atoms with van der Waals surface area (Å²) in [5.74, 6) is 0.327. The van der Waals surface area contributed by atoms with Crippen molar-refractivity contribution >= 4 is 15.9 Å². The molecule has 1 saturated carbocycles. The maximum absolute atomic E-state index is 13.0. The van der Waals surface area contributed by atoms with Gasteiger partial charge in [-0.2, -0.15) is 4.31 Å². The molecule has 25 heavy (non-hydrogen) atoms. The zero-order chi connectivity index (χ0) is 18.0. The van der Waals surface area contributed by atoms with Gasteiger partial charge in [-0.05, 0) is 50.7 Å². The largest absolute Gasteiger partial charge is 0.352 e. The van der Waals surface area contributed by atoms with Gasteiger partial charge < -0.3 is 5.32 Å². The summed E-state index contributed by atoms with van der Waals surface area (Å²) >= 11 is 0. The number of aryl methyl sites for hydroxylation is 1. The molecule has 3 atom stereocenters. The first-order valence-corrected chi connectivity index (χ1v) is 10.7. The van der Waals surface area contributed by atoms with Crippen molar-refractivity contribution in [1.82, 2.24) is 9.62 Å². The Morgan fingerprint density at radius 1 is 1.08 bits per heavy atom. The highest BCUT2D eigenvalue weighted by molar-refractivity contribution is 7.89. The minimum absolute atomic E-state index is 0.132. The van der Waals surface area contributed by atoms with Crippen LogP contribution in [0.1, 0.15) is 51.0 Å². The van der Waals surface area contributed by atoms with Crippen molar-refractivity contribution in [2.75, 3.05) is 6.54 Å². The van der Waals surface area contributed by atoms with Gasteiger partial charge in [-0.15, -0.1) is 0 Å². The predicted molar refractivity (Wildman–Crippen MR) is 97.7 cm³/mol. The molecule has 1 aromatic carbocycles. The van der Waals surface area contributed by atoms with Crippen molar-refractivity contribution in [3.05, 3.63) is 29.8 Å². The Hall–Kier alpha value is -1.40. The average Bonchev–Trinajstić information content (AvgIpc) is 3.08. The van der Waals surface area contributed by atoms with Crippen LogP contribution in [0.5, 0.6) is 0 Å². The molecule has 0 bridgehead atoms. The third-order valence-corrected chi connectivity index (χ3v) is 7.50. The highest BCUT2D eigenvalue weighted by atomic mass is 32.2. The van der Waals surface area contributed by atoms with E-state index in [4.69, 9.17) is 0 Å². The second-order valence-electron chi connectivity index (χ2n) is 7.46. The molecule has 1 aliphatic heterocycles. The van der Waals surface area contributed by atoms with E-state index in [9.17, 15) is 13.2 Å². The van der Waals surface area contributed by atoms with Crippen molar-refractivity contribution in [3.8, 4) is 0 Å². The average molecular weight is 365 g/mol. The number of nitrogens with zero attached hydrogens (tertiary/aromatic N) is 1. The first kappa shape index (κ1) is 18.4. The van der Waals surface area contributed by atoms with Crippen molar-refractivity contribution in [2.24, 2.45) is 5.92 Å². The second kappa shape index (κ2) is 7.46. The normalized spacial score (nSPS) is 28.0. The third kappa shape index (κ3) is 3.90. The fourth-order valence-corrected chi connectivity index (χ4v) is 5.60. The maximum Gasteiger partial charge on any atom is 0.243 e. The Morgan fingerprint density at radius 3 is 2.44 bits per heavy atom. The summed E-state index contributed by atoms with van der Waals surface area (Å²) in [6.07, 6.45) is 5.78. The van der Waals surface area contributed by atoms with Crippen molar-refractivity contribution in [1.29, 1.82) is 0 Å². The van der Waals surface area contributed by atoms with Gasteiger partial charge in [0.05, 0.1) is 4.90 Å². The first-order chi connectivity index (χ1) is 11.9. The molecule has 3 rings (SSSR count). The lowest BCUT2D eigenvalue weighted by Crippen LogP contribution is -2.50. The Balaban J connectivity index is 1.75. The van der Waals surface area contributed by atoms with E-state index in [1.165, 1.54) is 10.7 Å². The summed E-state index contributed by atoms with van der Waals surface area (Å²) in [5, 5.41) is 3.13. The predicted octanol–water partition coefficient (Wildman–Crippen LogP) is 2.84. The molecule has 5 nitrogen and oxygen atoms in total. The van der Waals surface area contributed by atoms with Gasteiger partial charge in [0.1, 0.15) is 6.04 Å². The van der Waals surface area contributed by atoms with Crippen LogP contribution in [0.15, 0.2) is 29.2 Å². The van der Waals surface area contributed by atoms with E-state index < -0.39 is 16.1 Å². The van der Waals surface area contributed by atoms with Crippen molar-refractivity contribution in [3.63, 3.8) is 0 Å². The van der Waals surface area contributed by atoms with Crippen LogP contribution in [0, 0.1) is 12.8 Å². The highest BCUT2D eigenvalue weighted by Crippen LogP contribution is 2.28. The molecule has 2 aliphatic rings. The minimum atomic E-state index is -3.63. The lowest BCUT2D eigenvalue weighted by Gasteiger charge is -2.32. The molecule has 1 amide bonds. The SMILES string of the molecule is Cc1ccc(S(=O)(=O)N2CCC[C@@H]2C(=O)N[C@H]2CCCC[C@H]2C)cc1. The van der Waals surface area contributed by atoms with E-state index >= 15 is 0 Å². The number of hydrogen-bond acceptors (Lipinski definition) is 3. The summed E-state index contributed by atoms with van der Waals surface area (Å²) < 4.78 is 27.3. The van der Waals surface area contributed by atoms with Gasteiger partial charge in [0, 0.05) is 12.6 Å². The topological polar surface area (TPSA) is 66.5 Å². The molecular weight excluding hydrogens is 336 g/mol. The number of hydrogen-bond donors (Lipinski definition) is 1. The summed E-state index contributed by atoms with van der Waals surface area (Å²) in [6, 6.07) is 6.43. The van der Waals surface area contributed by atoms with Crippen LogP contribution in [0.25, 0.3) is 0 Å². The fraction of sp³-hybridized carbons (Fsp3) is 0.632. The van der Waals surface area contributed by atoms with Crippen LogP contribution >= 0.6 is 0 Å². The van der Waals surface area contributed by atoms with Crippen LogP contribution in [0.4, 0.5) is 0 Å². The minimum Gasteiger partial charge on any atom is -0.352 e. The van der Waals surface area contributed by atoms with Crippen LogP contribution in [-0.4, -0.2) is 37.3 Å². The number of carbonyl (C=O) groups excluding carboxylic acids is 1. The first-order valence-electron chi connectivity index (χ1n) is 9.28. The molecule has 1 aromatic rings. The number of sulfonamides is 1. The number of nitrogens with one attached hydrogen (secondary N) is 1. The maximum atomic E-state index is 13.0. The molecule has 0 unspecified atom stereocenters. The summed E-state index contributed by atoms with van der Waals surface area (Å²) in [6.45, 7) is 4.50. The van der Waals surface area contributed by atoms with Gasteiger partial charge in [-0.3, -0.25) is 4.79 Å². The number of rotatable bonds is 4. The number of carbonyl (C=O) groups is 1. The van der Waals surface area contributed by atoms with Crippen LogP contribution < -0.4 is 5.32 Å². The van der Waals surface area contributed by atoms with Crippen LogP contribution in [0.3, 0.4) is 0 Å². The monoisotopic (exact) mass is 364 g/mol. The molecule has 1 aliphatic carbocycles. The van der Waals surface area contributed by atoms with E-state index in [2.05, 4.69) is 12.2 Å². The summed E-state index contributed by atoms with van der Waals surface area (Å²) in [7, 11) is -3.63. The highest BCUT2D eigenvalue weighted by Gasteiger charge is 2.40.